The molecular weight excluding hydrogens is 474 g/mol. The lowest BCUT2D eigenvalue weighted by atomic mass is 10.0. The van der Waals surface area contributed by atoms with E-state index in [1.165, 1.54) is 11.1 Å². The van der Waals surface area contributed by atoms with Crippen LogP contribution >= 0.6 is 15.9 Å². The number of aromatic nitrogens is 2. The standard InChI is InChI=1S/C28H28BrN3O/c29-23-14-12-21(13-15-23)19-27-25-10-4-5-11-26(25)28(33)32(30-27)24-9-6-17-31(18-16-24)20-22-7-2-1-3-8-22/h1-5,7-8,10-15,24H,6,9,16-20H2. The lowest BCUT2D eigenvalue weighted by Crippen LogP contribution is -2.30. The molecule has 3 aromatic carbocycles. The fraction of sp³-hybridized carbons (Fsp3) is 0.286. The number of likely N-dealkylation sites (tertiary alicyclic amines) is 1. The summed E-state index contributed by atoms with van der Waals surface area (Å²) >= 11 is 3.51. The Morgan fingerprint density at radius 1 is 0.818 bits per heavy atom. The van der Waals surface area contributed by atoms with Gasteiger partial charge in [0.2, 0.25) is 0 Å². The Balaban J connectivity index is 1.43. The molecule has 5 rings (SSSR count). The van der Waals surface area contributed by atoms with Crippen molar-refractivity contribution >= 4 is 26.7 Å². The summed E-state index contributed by atoms with van der Waals surface area (Å²) in [6, 6.07) is 27.0. The van der Waals surface area contributed by atoms with E-state index in [1.54, 1.807) is 4.68 Å². The van der Waals surface area contributed by atoms with E-state index in [1.807, 2.05) is 24.3 Å². The SMILES string of the molecule is O=c1c2ccccc2c(Cc2ccc(Br)cc2)nn1C1CCCN(Cc2ccccc2)CC1. The lowest BCUT2D eigenvalue weighted by Gasteiger charge is -2.21. The summed E-state index contributed by atoms with van der Waals surface area (Å²) in [5, 5.41) is 6.69. The Bertz CT molecular complexity index is 1280. The third-order valence-corrected chi connectivity index (χ3v) is 7.10. The number of rotatable bonds is 5. The zero-order valence-electron chi connectivity index (χ0n) is 18.7. The Morgan fingerprint density at radius 2 is 1.55 bits per heavy atom. The average Bonchev–Trinajstić information content (AvgIpc) is 3.08. The second kappa shape index (κ2) is 10.0. The number of fused-ring (bicyclic) bond motifs is 1. The van der Waals surface area contributed by atoms with Crippen LogP contribution in [0.5, 0.6) is 0 Å². The minimum absolute atomic E-state index is 0.0339. The third-order valence-electron chi connectivity index (χ3n) is 6.57. The molecular formula is C28H28BrN3O. The van der Waals surface area contributed by atoms with Gasteiger partial charge in [-0.2, -0.15) is 5.10 Å². The van der Waals surface area contributed by atoms with Gasteiger partial charge < -0.3 is 0 Å². The number of hydrogen-bond donors (Lipinski definition) is 0. The zero-order valence-corrected chi connectivity index (χ0v) is 20.2. The Kier molecular flexibility index (Phi) is 6.70. The number of nitrogens with zero attached hydrogens (tertiary/aromatic N) is 3. The highest BCUT2D eigenvalue weighted by Gasteiger charge is 2.22. The molecule has 0 radical (unpaired) electrons. The summed E-state index contributed by atoms with van der Waals surface area (Å²) in [6.07, 6.45) is 3.70. The van der Waals surface area contributed by atoms with Crippen molar-refractivity contribution < 1.29 is 0 Å². The van der Waals surface area contributed by atoms with Gasteiger partial charge in [-0.1, -0.05) is 76.6 Å². The maximum atomic E-state index is 13.4. The van der Waals surface area contributed by atoms with E-state index >= 15 is 0 Å². The van der Waals surface area contributed by atoms with Gasteiger partial charge in [0.15, 0.2) is 0 Å². The molecule has 4 aromatic rings. The van der Waals surface area contributed by atoms with Crippen LogP contribution in [0.2, 0.25) is 0 Å². The van der Waals surface area contributed by atoms with Crippen LogP contribution < -0.4 is 5.56 Å². The molecule has 0 saturated carbocycles. The van der Waals surface area contributed by atoms with E-state index in [9.17, 15) is 4.79 Å². The minimum atomic E-state index is 0.0339. The van der Waals surface area contributed by atoms with Gasteiger partial charge in [0.05, 0.1) is 17.1 Å². The second-order valence-electron chi connectivity index (χ2n) is 8.89. The molecule has 168 valence electrons. The number of benzene rings is 3. The molecule has 1 aromatic heterocycles. The van der Waals surface area contributed by atoms with Crippen LogP contribution in [-0.2, 0) is 13.0 Å². The molecule has 33 heavy (non-hydrogen) atoms. The molecule has 1 saturated heterocycles. The van der Waals surface area contributed by atoms with E-state index < -0.39 is 0 Å². The average molecular weight is 502 g/mol. The molecule has 1 aliphatic rings. The monoisotopic (exact) mass is 501 g/mol. The summed E-state index contributed by atoms with van der Waals surface area (Å²) in [4.78, 5) is 15.9. The molecule has 2 heterocycles. The second-order valence-corrected chi connectivity index (χ2v) is 9.81. The Morgan fingerprint density at radius 3 is 2.33 bits per heavy atom. The summed E-state index contributed by atoms with van der Waals surface area (Å²) in [5.74, 6) is 0. The molecule has 0 spiro atoms. The van der Waals surface area contributed by atoms with Gasteiger partial charge in [-0.25, -0.2) is 4.68 Å². The smallest absolute Gasteiger partial charge is 0.274 e. The maximum Gasteiger partial charge on any atom is 0.274 e. The maximum absolute atomic E-state index is 13.4. The molecule has 1 atom stereocenters. The van der Waals surface area contributed by atoms with Crippen LogP contribution in [0.15, 0.2) is 88.1 Å². The quantitative estimate of drug-likeness (QED) is 0.337. The molecule has 0 aliphatic carbocycles. The van der Waals surface area contributed by atoms with Crippen molar-refractivity contribution in [3.8, 4) is 0 Å². The molecule has 1 fully saturated rings. The van der Waals surface area contributed by atoms with Gasteiger partial charge in [0, 0.05) is 29.4 Å². The predicted molar refractivity (Wildman–Crippen MR) is 138 cm³/mol. The highest BCUT2D eigenvalue weighted by molar-refractivity contribution is 9.10. The van der Waals surface area contributed by atoms with Crippen molar-refractivity contribution in [3.63, 3.8) is 0 Å². The van der Waals surface area contributed by atoms with Crippen LogP contribution in [0.4, 0.5) is 0 Å². The van der Waals surface area contributed by atoms with Gasteiger partial charge in [-0.3, -0.25) is 9.69 Å². The van der Waals surface area contributed by atoms with Crippen LogP contribution in [0.1, 0.15) is 42.1 Å². The van der Waals surface area contributed by atoms with Gasteiger partial charge in [0.1, 0.15) is 0 Å². The molecule has 1 unspecified atom stereocenters. The van der Waals surface area contributed by atoms with Gasteiger partial charge >= 0.3 is 0 Å². The van der Waals surface area contributed by atoms with E-state index in [2.05, 4.69) is 75.4 Å². The summed E-state index contributed by atoms with van der Waals surface area (Å²) in [6.45, 7) is 2.99. The van der Waals surface area contributed by atoms with E-state index in [4.69, 9.17) is 5.10 Å². The normalized spacial score (nSPS) is 17.2. The van der Waals surface area contributed by atoms with Crippen LogP contribution in [-0.4, -0.2) is 27.8 Å². The van der Waals surface area contributed by atoms with Crippen molar-refractivity contribution in [3.05, 3.63) is 111 Å². The molecule has 1 aliphatic heterocycles. The van der Waals surface area contributed by atoms with Crippen molar-refractivity contribution in [1.82, 2.24) is 14.7 Å². The van der Waals surface area contributed by atoms with Crippen LogP contribution in [0, 0.1) is 0 Å². The first-order valence-corrected chi connectivity index (χ1v) is 12.5. The predicted octanol–water partition coefficient (Wildman–Crippen LogP) is 5.98. The van der Waals surface area contributed by atoms with Crippen LogP contribution in [0.3, 0.4) is 0 Å². The fourth-order valence-corrected chi connectivity index (χ4v) is 5.09. The molecule has 0 N–H and O–H groups in total. The van der Waals surface area contributed by atoms with Gasteiger partial charge in [0.25, 0.3) is 5.56 Å². The highest BCUT2D eigenvalue weighted by Crippen LogP contribution is 2.25. The Hall–Kier alpha value is -2.76. The van der Waals surface area contributed by atoms with Crippen LogP contribution in [0.25, 0.3) is 10.8 Å². The van der Waals surface area contributed by atoms with Crippen molar-refractivity contribution in [2.75, 3.05) is 13.1 Å². The zero-order chi connectivity index (χ0) is 22.6. The summed E-state index contributed by atoms with van der Waals surface area (Å²) in [5.41, 5.74) is 3.54. The molecule has 4 nitrogen and oxygen atoms in total. The van der Waals surface area contributed by atoms with E-state index in [0.29, 0.717) is 6.42 Å². The number of hydrogen-bond acceptors (Lipinski definition) is 3. The molecule has 5 heteroatoms. The lowest BCUT2D eigenvalue weighted by molar-refractivity contribution is 0.270. The Labute approximate surface area is 203 Å². The van der Waals surface area contributed by atoms with Gasteiger partial charge in [-0.15, -0.1) is 0 Å². The van der Waals surface area contributed by atoms with Crippen molar-refractivity contribution in [2.45, 2.75) is 38.3 Å². The third kappa shape index (κ3) is 5.10. The van der Waals surface area contributed by atoms with E-state index in [0.717, 1.165) is 59.8 Å². The molecule has 0 amide bonds. The summed E-state index contributed by atoms with van der Waals surface area (Å²) < 4.78 is 2.86. The first-order chi connectivity index (χ1) is 16.2. The molecule has 0 bridgehead atoms. The van der Waals surface area contributed by atoms with Crippen molar-refractivity contribution in [2.24, 2.45) is 0 Å². The highest BCUT2D eigenvalue weighted by atomic mass is 79.9. The fourth-order valence-electron chi connectivity index (χ4n) is 4.83. The van der Waals surface area contributed by atoms with Gasteiger partial charge in [-0.05, 0) is 55.1 Å². The topological polar surface area (TPSA) is 38.1 Å². The number of halogens is 1. The summed E-state index contributed by atoms with van der Waals surface area (Å²) in [7, 11) is 0. The largest absolute Gasteiger partial charge is 0.299 e. The minimum Gasteiger partial charge on any atom is -0.299 e. The first kappa shape index (κ1) is 22.1. The van der Waals surface area contributed by atoms with E-state index in [-0.39, 0.29) is 11.6 Å². The van der Waals surface area contributed by atoms with Crippen molar-refractivity contribution in [1.29, 1.82) is 0 Å². The first-order valence-electron chi connectivity index (χ1n) is 11.7.